The van der Waals surface area contributed by atoms with Gasteiger partial charge in [-0.15, -0.1) is 0 Å². The van der Waals surface area contributed by atoms with E-state index >= 15 is 0 Å². The molecule has 1 N–H and O–H groups in total. The number of carbonyl (C=O) groups excluding carboxylic acids is 2. The topological polar surface area (TPSA) is 73.9 Å². The van der Waals surface area contributed by atoms with Crippen LogP contribution in [-0.2, 0) is 25.6 Å². The summed E-state index contributed by atoms with van der Waals surface area (Å²) in [6.07, 6.45) is 1.31. The van der Waals surface area contributed by atoms with E-state index in [2.05, 4.69) is 5.32 Å². The molecular formula is C16H21NO5. The largest absolute Gasteiger partial charge is 0.496 e. The quantitative estimate of drug-likeness (QED) is 0.802. The highest BCUT2D eigenvalue weighted by Crippen LogP contribution is 2.17. The number of para-hydroxylation sites is 1. The van der Waals surface area contributed by atoms with E-state index in [1.807, 2.05) is 24.3 Å². The first-order valence-corrected chi connectivity index (χ1v) is 7.33. The van der Waals surface area contributed by atoms with E-state index in [9.17, 15) is 9.59 Å². The van der Waals surface area contributed by atoms with Crippen molar-refractivity contribution in [2.45, 2.75) is 19.4 Å². The predicted molar refractivity (Wildman–Crippen MR) is 79.3 cm³/mol. The molecule has 0 saturated carbocycles. The Labute approximate surface area is 129 Å². The van der Waals surface area contributed by atoms with Crippen molar-refractivity contribution >= 4 is 11.9 Å². The molecule has 1 aromatic rings. The van der Waals surface area contributed by atoms with Gasteiger partial charge in [-0.2, -0.15) is 0 Å². The van der Waals surface area contributed by atoms with Crippen LogP contribution in [0.25, 0.3) is 0 Å². The van der Waals surface area contributed by atoms with Crippen LogP contribution < -0.4 is 10.1 Å². The molecule has 1 aliphatic heterocycles. The van der Waals surface area contributed by atoms with Crippen LogP contribution in [0.5, 0.6) is 5.75 Å². The van der Waals surface area contributed by atoms with Gasteiger partial charge in [-0.05, 0) is 18.9 Å². The molecule has 1 saturated heterocycles. The summed E-state index contributed by atoms with van der Waals surface area (Å²) in [5.41, 5.74) is 0.870. The average molecular weight is 307 g/mol. The van der Waals surface area contributed by atoms with Crippen molar-refractivity contribution in [3.05, 3.63) is 29.8 Å². The van der Waals surface area contributed by atoms with Gasteiger partial charge in [-0.25, -0.2) is 0 Å². The molecule has 1 aromatic carbocycles. The van der Waals surface area contributed by atoms with Crippen molar-refractivity contribution in [2.75, 3.05) is 26.9 Å². The minimum Gasteiger partial charge on any atom is -0.496 e. The summed E-state index contributed by atoms with van der Waals surface area (Å²) in [6.45, 7) is 1.21. The molecule has 0 atom stereocenters. The lowest BCUT2D eigenvalue weighted by Gasteiger charge is -2.20. The van der Waals surface area contributed by atoms with Crippen LogP contribution in [0.2, 0.25) is 0 Å². The lowest BCUT2D eigenvalue weighted by molar-refractivity contribution is -0.155. The van der Waals surface area contributed by atoms with Gasteiger partial charge in [0.15, 0.2) is 6.61 Å². The van der Waals surface area contributed by atoms with Crippen LogP contribution in [0, 0.1) is 5.92 Å². The van der Waals surface area contributed by atoms with Crippen molar-refractivity contribution in [3.8, 4) is 5.75 Å². The first kappa shape index (κ1) is 16.3. The normalized spacial score (nSPS) is 15.1. The van der Waals surface area contributed by atoms with Crippen LogP contribution >= 0.6 is 0 Å². The predicted octanol–water partition coefficient (Wildman–Crippen LogP) is 1.28. The zero-order valence-electron chi connectivity index (χ0n) is 12.7. The number of carbonyl (C=O) groups is 2. The zero-order chi connectivity index (χ0) is 15.8. The summed E-state index contributed by atoms with van der Waals surface area (Å²) in [6, 6.07) is 7.43. The maximum atomic E-state index is 11.8. The number of esters is 1. The van der Waals surface area contributed by atoms with E-state index in [-0.39, 0.29) is 24.4 Å². The van der Waals surface area contributed by atoms with Gasteiger partial charge in [-0.1, -0.05) is 18.2 Å². The standard InChI is InChI=1S/C16H21NO5/c1-20-14-5-3-2-4-13(14)10-17-15(18)11-22-16(19)12-6-8-21-9-7-12/h2-5,12H,6-11H2,1H3,(H,17,18). The SMILES string of the molecule is COc1ccccc1CNC(=O)COC(=O)C1CCOCC1. The molecule has 2 rings (SSSR count). The summed E-state index contributed by atoms with van der Waals surface area (Å²) in [7, 11) is 1.58. The first-order chi connectivity index (χ1) is 10.7. The van der Waals surface area contributed by atoms with Crippen molar-refractivity contribution in [2.24, 2.45) is 5.92 Å². The molecule has 1 heterocycles. The van der Waals surface area contributed by atoms with E-state index in [0.717, 1.165) is 5.56 Å². The second kappa shape index (κ2) is 8.38. The monoisotopic (exact) mass is 307 g/mol. The fourth-order valence-electron chi connectivity index (χ4n) is 2.28. The number of nitrogens with one attached hydrogen (secondary N) is 1. The molecule has 1 amide bonds. The summed E-state index contributed by atoms with van der Waals surface area (Å²) < 4.78 is 15.4. The van der Waals surface area contributed by atoms with Crippen molar-refractivity contribution in [1.29, 1.82) is 0 Å². The minimum absolute atomic E-state index is 0.157. The number of hydrogen-bond donors (Lipinski definition) is 1. The van der Waals surface area contributed by atoms with E-state index in [1.165, 1.54) is 0 Å². The van der Waals surface area contributed by atoms with E-state index in [4.69, 9.17) is 14.2 Å². The van der Waals surface area contributed by atoms with Gasteiger partial charge in [0.2, 0.25) is 0 Å². The Morgan fingerprint density at radius 3 is 2.73 bits per heavy atom. The van der Waals surface area contributed by atoms with Gasteiger partial charge >= 0.3 is 5.97 Å². The van der Waals surface area contributed by atoms with Crippen molar-refractivity contribution in [1.82, 2.24) is 5.32 Å². The summed E-state index contributed by atoms with van der Waals surface area (Å²) in [5.74, 6) is -0.0974. The molecule has 22 heavy (non-hydrogen) atoms. The molecule has 0 radical (unpaired) electrons. The zero-order valence-corrected chi connectivity index (χ0v) is 12.7. The molecule has 0 aliphatic carbocycles. The van der Waals surface area contributed by atoms with Gasteiger partial charge < -0.3 is 19.5 Å². The van der Waals surface area contributed by atoms with Gasteiger partial charge in [0, 0.05) is 25.3 Å². The Balaban J connectivity index is 1.72. The second-order valence-corrected chi connectivity index (χ2v) is 5.08. The highest BCUT2D eigenvalue weighted by molar-refractivity contribution is 5.81. The number of hydrogen-bond acceptors (Lipinski definition) is 5. The molecule has 1 fully saturated rings. The molecular weight excluding hydrogens is 286 g/mol. The van der Waals surface area contributed by atoms with Crippen LogP contribution in [-0.4, -0.2) is 38.8 Å². The van der Waals surface area contributed by atoms with Crippen molar-refractivity contribution < 1.29 is 23.8 Å². The number of amides is 1. The third-order valence-corrected chi connectivity index (χ3v) is 3.57. The minimum atomic E-state index is -0.327. The number of ether oxygens (including phenoxy) is 3. The molecule has 120 valence electrons. The Kier molecular flexibility index (Phi) is 6.21. The third kappa shape index (κ3) is 4.73. The summed E-state index contributed by atoms with van der Waals surface area (Å²) >= 11 is 0. The Morgan fingerprint density at radius 2 is 2.00 bits per heavy atom. The lowest BCUT2D eigenvalue weighted by atomic mass is 10.0. The average Bonchev–Trinajstić information content (AvgIpc) is 2.58. The van der Waals surface area contributed by atoms with Crippen LogP contribution in [0.4, 0.5) is 0 Å². The Morgan fingerprint density at radius 1 is 1.27 bits per heavy atom. The molecule has 6 heteroatoms. The highest BCUT2D eigenvalue weighted by Gasteiger charge is 2.23. The molecule has 1 aliphatic rings. The number of methoxy groups -OCH3 is 1. The van der Waals surface area contributed by atoms with E-state index in [1.54, 1.807) is 7.11 Å². The molecule has 0 unspecified atom stereocenters. The fourth-order valence-corrected chi connectivity index (χ4v) is 2.28. The van der Waals surface area contributed by atoms with Gasteiger partial charge in [-0.3, -0.25) is 9.59 Å². The Hall–Kier alpha value is -2.08. The smallest absolute Gasteiger partial charge is 0.309 e. The van der Waals surface area contributed by atoms with Crippen molar-refractivity contribution in [3.63, 3.8) is 0 Å². The van der Waals surface area contributed by atoms with Gasteiger partial charge in [0.05, 0.1) is 13.0 Å². The van der Waals surface area contributed by atoms with Crippen LogP contribution in [0.15, 0.2) is 24.3 Å². The molecule has 0 aromatic heterocycles. The van der Waals surface area contributed by atoms with Crippen LogP contribution in [0.1, 0.15) is 18.4 Å². The lowest BCUT2D eigenvalue weighted by Crippen LogP contribution is -2.31. The number of benzene rings is 1. The highest BCUT2D eigenvalue weighted by atomic mass is 16.5. The second-order valence-electron chi connectivity index (χ2n) is 5.08. The maximum Gasteiger partial charge on any atom is 0.309 e. The first-order valence-electron chi connectivity index (χ1n) is 7.33. The Bertz CT molecular complexity index is 511. The summed E-state index contributed by atoms with van der Waals surface area (Å²) in [5, 5.41) is 2.71. The number of rotatable bonds is 6. The third-order valence-electron chi connectivity index (χ3n) is 3.57. The van der Waals surface area contributed by atoms with Gasteiger partial charge in [0.1, 0.15) is 5.75 Å². The van der Waals surface area contributed by atoms with Crippen LogP contribution in [0.3, 0.4) is 0 Å². The molecule has 0 spiro atoms. The maximum absolute atomic E-state index is 11.8. The van der Waals surface area contributed by atoms with E-state index in [0.29, 0.717) is 38.3 Å². The molecule has 0 bridgehead atoms. The molecule has 6 nitrogen and oxygen atoms in total. The van der Waals surface area contributed by atoms with Gasteiger partial charge in [0.25, 0.3) is 5.91 Å². The van der Waals surface area contributed by atoms with E-state index < -0.39 is 0 Å². The summed E-state index contributed by atoms with van der Waals surface area (Å²) in [4.78, 5) is 23.5. The fraction of sp³-hybridized carbons (Fsp3) is 0.500.